The predicted octanol–water partition coefficient (Wildman–Crippen LogP) is 0.662. The molecule has 12 heavy (non-hydrogen) atoms. The third-order valence-electron chi connectivity index (χ3n) is 2.89. The zero-order valence-electron chi connectivity index (χ0n) is 6.36. The van der Waals surface area contributed by atoms with Crippen molar-refractivity contribution in [1.82, 2.24) is 5.32 Å². The van der Waals surface area contributed by atoms with Crippen molar-refractivity contribution in [3.05, 3.63) is 0 Å². The minimum atomic E-state index is -4.49. The van der Waals surface area contributed by atoms with Crippen molar-refractivity contribution in [3.8, 4) is 0 Å². The van der Waals surface area contributed by atoms with Crippen LogP contribution in [0.4, 0.5) is 13.2 Å². The third kappa shape index (κ3) is 0.894. The minimum absolute atomic E-state index is 0.00150. The molecular formula is C7H10F3NO. The van der Waals surface area contributed by atoms with E-state index in [9.17, 15) is 18.3 Å². The van der Waals surface area contributed by atoms with Gasteiger partial charge in [-0.15, -0.1) is 0 Å². The van der Waals surface area contributed by atoms with E-state index in [1.165, 1.54) is 0 Å². The fourth-order valence-electron chi connectivity index (χ4n) is 2.22. The molecular weight excluding hydrogens is 171 g/mol. The number of fused-ring (bicyclic) bond motifs is 2. The minimum Gasteiger partial charge on any atom is -0.379 e. The summed E-state index contributed by atoms with van der Waals surface area (Å²) in [6.45, 7) is 0.614. The van der Waals surface area contributed by atoms with Gasteiger partial charge in [0.05, 0.1) is 0 Å². The zero-order chi connectivity index (χ0) is 8.98. The van der Waals surface area contributed by atoms with Crippen LogP contribution in [0.3, 0.4) is 0 Å². The first-order chi connectivity index (χ1) is 5.43. The monoisotopic (exact) mass is 181 g/mol. The largest absolute Gasteiger partial charge is 0.418 e. The summed E-state index contributed by atoms with van der Waals surface area (Å²) >= 11 is 0. The van der Waals surface area contributed by atoms with Crippen molar-refractivity contribution in [2.24, 2.45) is 5.92 Å². The Labute approximate surface area is 67.8 Å². The second-order valence-electron chi connectivity index (χ2n) is 3.69. The van der Waals surface area contributed by atoms with Gasteiger partial charge in [0.15, 0.2) is 5.60 Å². The van der Waals surface area contributed by atoms with E-state index in [1.807, 2.05) is 0 Å². The molecule has 1 aliphatic carbocycles. The quantitative estimate of drug-likeness (QED) is 0.575. The number of hydrogen-bond donors (Lipinski definition) is 2. The average molecular weight is 181 g/mol. The first-order valence-electron chi connectivity index (χ1n) is 3.96. The standard InChI is InChI=1S/C7H10F3NO/c8-7(9,10)6(12)2-4-1-5(6)11-3-4/h4-5,11-12H,1-3H2/t4-,5-,6-/m0/s1. The Balaban J connectivity index is 2.23. The van der Waals surface area contributed by atoms with Crippen molar-refractivity contribution in [3.63, 3.8) is 0 Å². The van der Waals surface area contributed by atoms with Gasteiger partial charge in [0.25, 0.3) is 0 Å². The smallest absolute Gasteiger partial charge is 0.379 e. The van der Waals surface area contributed by atoms with Gasteiger partial charge >= 0.3 is 6.18 Å². The van der Waals surface area contributed by atoms with E-state index in [4.69, 9.17) is 0 Å². The lowest BCUT2D eigenvalue weighted by atomic mass is 9.93. The molecule has 1 saturated heterocycles. The lowest BCUT2D eigenvalue weighted by molar-refractivity contribution is -0.268. The second-order valence-corrected chi connectivity index (χ2v) is 3.69. The summed E-state index contributed by atoms with van der Waals surface area (Å²) in [5.74, 6) is 0.00150. The van der Waals surface area contributed by atoms with Crippen LogP contribution in [0.15, 0.2) is 0 Å². The summed E-state index contributed by atoms with van der Waals surface area (Å²) in [7, 11) is 0. The molecule has 0 aromatic rings. The summed E-state index contributed by atoms with van der Waals surface area (Å²) in [5, 5.41) is 12.0. The molecule has 0 amide bonds. The van der Waals surface area contributed by atoms with Gasteiger partial charge in [0.1, 0.15) is 0 Å². The highest BCUT2D eigenvalue weighted by Crippen LogP contribution is 2.48. The van der Waals surface area contributed by atoms with Crippen LogP contribution in [-0.2, 0) is 0 Å². The van der Waals surface area contributed by atoms with Gasteiger partial charge < -0.3 is 10.4 Å². The molecule has 1 saturated carbocycles. The normalized spacial score (nSPS) is 47.0. The van der Waals surface area contributed by atoms with Crippen LogP contribution in [-0.4, -0.2) is 29.5 Å². The molecule has 0 radical (unpaired) electrons. The number of rotatable bonds is 0. The van der Waals surface area contributed by atoms with Crippen LogP contribution in [0.2, 0.25) is 0 Å². The molecule has 2 fully saturated rings. The molecule has 0 aromatic heterocycles. The highest BCUT2D eigenvalue weighted by molar-refractivity contribution is 5.09. The first kappa shape index (κ1) is 8.31. The van der Waals surface area contributed by atoms with E-state index in [2.05, 4.69) is 5.32 Å². The van der Waals surface area contributed by atoms with Gasteiger partial charge in [-0.3, -0.25) is 0 Å². The third-order valence-corrected chi connectivity index (χ3v) is 2.89. The molecule has 1 heterocycles. The van der Waals surface area contributed by atoms with E-state index >= 15 is 0 Å². The summed E-state index contributed by atoms with van der Waals surface area (Å²) < 4.78 is 36.9. The van der Waals surface area contributed by atoms with Crippen LogP contribution < -0.4 is 5.32 Å². The summed E-state index contributed by atoms with van der Waals surface area (Å²) in [5.41, 5.74) is -2.46. The van der Waals surface area contributed by atoms with E-state index in [1.54, 1.807) is 0 Å². The molecule has 2 rings (SSSR count). The van der Waals surface area contributed by atoms with Gasteiger partial charge in [-0.25, -0.2) is 0 Å². The fourth-order valence-corrected chi connectivity index (χ4v) is 2.22. The molecule has 2 bridgehead atoms. The van der Waals surface area contributed by atoms with Gasteiger partial charge in [0.2, 0.25) is 0 Å². The lowest BCUT2D eigenvalue weighted by Crippen LogP contribution is -2.57. The first-order valence-corrected chi connectivity index (χ1v) is 3.96. The number of halogens is 3. The highest BCUT2D eigenvalue weighted by Gasteiger charge is 2.64. The second kappa shape index (κ2) is 2.14. The van der Waals surface area contributed by atoms with Gasteiger partial charge in [-0.1, -0.05) is 0 Å². The fraction of sp³-hybridized carbons (Fsp3) is 1.00. The average Bonchev–Trinajstić information content (AvgIpc) is 2.43. The summed E-state index contributed by atoms with van der Waals surface area (Å²) in [4.78, 5) is 0. The van der Waals surface area contributed by atoms with Crippen LogP contribution in [0, 0.1) is 5.92 Å². The van der Waals surface area contributed by atoms with Crippen molar-refractivity contribution in [1.29, 1.82) is 0 Å². The van der Waals surface area contributed by atoms with Crippen LogP contribution in [0.25, 0.3) is 0 Å². The molecule has 70 valence electrons. The number of nitrogens with one attached hydrogen (secondary N) is 1. The number of hydrogen-bond acceptors (Lipinski definition) is 2. The summed E-state index contributed by atoms with van der Waals surface area (Å²) in [6, 6.07) is -0.775. The Morgan fingerprint density at radius 2 is 2.08 bits per heavy atom. The van der Waals surface area contributed by atoms with E-state index in [0.29, 0.717) is 13.0 Å². The topological polar surface area (TPSA) is 32.3 Å². The Kier molecular flexibility index (Phi) is 1.48. The van der Waals surface area contributed by atoms with E-state index < -0.39 is 17.8 Å². The van der Waals surface area contributed by atoms with Gasteiger partial charge in [0, 0.05) is 6.04 Å². The molecule has 0 spiro atoms. The van der Waals surface area contributed by atoms with Crippen LogP contribution in [0.5, 0.6) is 0 Å². The van der Waals surface area contributed by atoms with Crippen molar-refractivity contribution < 1.29 is 18.3 Å². The number of alkyl halides is 3. The Hall–Kier alpha value is -0.290. The Morgan fingerprint density at radius 3 is 2.33 bits per heavy atom. The van der Waals surface area contributed by atoms with Gasteiger partial charge in [-0.2, -0.15) is 13.2 Å². The predicted molar refractivity (Wildman–Crippen MR) is 35.5 cm³/mol. The van der Waals surface area contributed by atoms with E-state index in [-0.39, 0.29) is 12.3 Å². The van der Waals surface area contributed by atoms with Gasteiger partial charge in [-0.05, 0) is 25.3 Å². The molecule has 0 aromatic carbocycles. The Morgan fingerprint density at radius 1 is 1.42 bits per heavy atom. The van der Waals surface area contributed by atoms with Crippen LogP contribution in [0.1, 0.15) is 12.8 Å². The molecule has 5 heteroatoms. The SMILES string of the molecule is O[C@@]1(C(F)(F)F)C[C@H]2CN[C@H]1C2. The molecule has 2 nitrogen and oxygen atoms in total. The zero-order valence-corrected chi connectivity index (χ0v) is 6.36. The maximum Gasteiger partial charge on any atom is 0.418 e. The number of aliphatic hydroxyl groups is 1. The molecule has 2 aliphatic rings. The summed E-state index contributed by atoms with van der Waals surface area (Å²) in [6.07, 6.45) is -4.16. The Bertz CT molecular complexity index is 205. The molecule has 3 atom stereocenters. The van der Waals surface area contributed by atoms with Crippen molar-refractivity contribution >= 4 is 0 Å². The highest BCUT2D eigenvalue weighted by atomic mass is 19.4. The molecule has 1 aliphatic heterocycles. The maximum atomic E-state index is 12.3. The van der Waals surface area contributed by atoms with Crippen molar-refractivity contribution in [2.45, 2.75) is 30.7 Å². The number of piperidine rings is 1. The van der Waals surface area contributed by atoms with Crippen molar-refractivity contribution in [2.75, 3.05) is 6.54 Å². The molecule has 0 unspecified atom stereocenters. The molecule has 2 N–H and O–H groups in total. The lowest BCUT2D eigenvalue weighted by Gasteiger charge is -2.34. The van der Waals surface area contributed by atoms with Crippen LogP contribution >= 0.6 is 0 Å². The van der Waals surface area contributed by atoms with E-state index in [0.717, 1.165) is 0 Å². The maximum absolute atomic E-state index is 12.3.